The van der Waals surface area contributed by atoms with Gasteiger partial charge in [-0.05, 0) is 32.1 Å². The second-order valence-corrected chi connectivity index (χ2v) is 22.8. The smallest absolute Gasteiger partial charge is 0.309 e. The van der Waals surface area contributed by atoms with Crippen LogP contribution in [0.1, 0.15) is 347 Å². The molecule has 1 unspecified atom stereocenters. The number of cyclic esters (lactones) is 2. The molecule has 6 nitrogen and oxygen atoms in total. The van der Waals surface area contributed by atoms with Crippen molar-refractivity contribution in [3.8, 4) is 0 Å². The minimum atomic E-state index is -1.13. The third-order valence-corrected chi connectivity index (χ3v) is 15.8. The van der Waals surface area contributed by atoms with Gasteiger partial charge in [0.2, 0.25) is 0 Å². The van der Waals surface area contributed by atoms with Gasteiger partial charge < -0.3 is 19.7 Å². The van der Waals surface area contributed by atoms with Crippen LogP contribution in [-0.2, 0) is 19.1 Å². The van der Waals surface area contributed by atoms with Crippen molar-refractivity contribution in [1.82, 2.24) is 0 Å². The normalized spacial score (nSPS) is 15.3. The molecule has 0 aromatic rings. The van der Waals surface area contributed by atoms with Crippen molar-refractivity contribution in [1.29, 1.82) is 0 Å². The van der Waals surface area contributed by atoms with E-state index in [9.17, 15) is 19.8 Å². The van der Waals surface area contributed by atoms with Crippen LogP contribution in [0.2, 0.25) is 0 Å². The lowest BCUT2D eigenvalue weighted by atomic mass is 9.92. The van der Waals surface area contributed by atoms with Gasteiger partial charge in [0.1, 0.15) is 13.2 Å². The second-order valence-electron chi connectivity index (χ2n) is 22.8. The fourth-order valence-electron chi connectivity index (χ4n) is 10.6. The highest BCUT2D eigenvalue weighted by molar-refractivity contribution is 5.80. The number of aliphatic hydroxyl groups is 2. The zero-order valence-corrected chi connectivity index (χ0v) is 47.1. The fourth-order valence-corrected chi connectivity index (χ4v) is 10.6. The van der Waals surface area contributed by atoms with Crippen molar-refractivity contribution in [3.63, 3.8) is 0 Å². The summed E-state index contributed by atoms with van der Waals surface area (Å²) in [5.74, 6) is -1.41. The van der Waals surface area contributed by atoms with Crippen molar-refractivity contribution < 1.29 is 29.3 Å². The number of hydrogen-bond donors (Lipinski definition) is 2. The van der Waals surface area contributed by atoms with Crippen LogP contribution >= 0.6 is 0 Å². The highest BCUT2D eigenvalue weighted by Crippen LogP contribution is 2.25. The maximum absolute atomic E-state index is 12.5. The van der Waals surface area contributed by atoms with E-state index < -0.39 is 36.5 Å². The largest absolute Gasteiger partial charge is 0.465 e. The maximum atomic E-state index is 12.5. The van der Waals surface area contributed by atoms with Crippen molar-refractivity contribution in [2.24, 2.45) is 11.3 Å². The summed E-state index contributed by atoms with van der Waals surface area (Å²) in [6, 6.07) is 0. The number of rotatable bonds is 55. The predicted octanol–water partition coefficient (Wildman–Crippen LogP) is 19.9. The molecule has 70 heavy (non-hydrogen) atoms. The Hall–Kier alpha value is -1.40. The summed E-state index contributed by atoms with van der Waals surface area (Å²) in [7, 11) is 0. The van der Waals surface area contributed by atoms with Crippen molar-refractivity contribution >= 4 is 11.9 Å². The van der Waals surface area contributed by atoms with E-state index in [-0.39, 0.29) is 19.6 Å². The van der Waals surface area contributed by atoms with Gasteiger partial charge in [-0.1, -0.05) is 321 Å². The lowest BCUT2D eigenvalue weighted by molar-refractivity contribution is -0.155. The first-order valence-corrected chi connectivity index (χ1v) is 31.8. The van der Waals surface area contributed by atoms with Crippen LogP contribution < -0.4 is 0 Å². The van der Waals surface area contributed by atoms with Crippen LogP contribution in [-0.4, -0.2) is 48.6 Å². The summed E-state index contributed by atoms with van der Waals surface area (Å²) >= 11 is 0. The molecule has 1 heterocycles. The summed E-state index contributed by atoms with van der Waals surface area (Å²) in [6.07, 6.45) is 77.2. The fraction of sp³-hybridized carbons (Fsp3) is 0.938. The lowest BCUT2D eigenvalue weighted by Crippen LogP contribution is -2.40. The van der Waals surface area contributed by atoms with Crippen molar-refractivity contribution in [3.05, 3.63) is 12.2 Å². The molecule has 0 aromatic heterocycles. The third-order valence-electron chi connectivity index (χ3n) is 15.8. The van der Waals surface area contributed by atoms with Gasteiger partial charge in [0.25, 0.3) is 0 Å². The van der Waals surface area contributed by atoms with E-state index in [1.54, 1.807) is 0 Å². The van der Waals surface area contributed by atoms with E-state index in [1.165, 1.54) is 308 Å². The molecule has 0 spiro atoms. The molecular weight excluding hydrogens is 865 g/mol. The molecule has 1 saturated heterocycles. The van der Waals surface area contributed by atoms with E-state index in [0.29, 0.717) is 6.42 Å². The topological polar surface area (TPSA) is 93.1 Å². The first-order valence-electron chi connectivity index (χ1n) is 31.8. The molecule has 1 fully saturated rings. The van der Waals surface area contributed by atoms with Gasteiger partial charge >= 0.3 is 11.9 Å². The molecule has 6 heteroatoms. The number of allylic oxidation sites excluding steroid dienone is 2. The van der Waals surface area contributed by atoms with Gasteiger partial charge in [-0.25, -0.2) is 0 Å². The van der Waals surface area contributed by atoms with Crippen LogP contribution in [0, 0.1) is 11.3 Å². The van der Waals surface area contributed by atoms with Gasteiger partial charge in [0.15, 0.2) is 0 Å². The van der Waals surface area contributed by atoms with Gasteiger partial charge in [-0.2, -0.15) is 0 Å². The van der Waals surface area contributed by atoms with Gasteiger partial charge in [-0.3, -0.25) is 9.59 Å². The summed E-state index contributed by atoms with van der Waals surface area (Å²) in [6.45, 7) is 1.20. The Balaban J connectivity index is 1.69. The second kappa shape index (κ2) is 53.9. The van der Waals surface area contributed by atoms with E-state index >= 15 is 0 Å². The van der Waals surface area contributed by atoms with Crippen LogP contribution in [0.4, 0.5) is 0 Å². The quantitative estimate of drug-likeness (QED) is 0.0358. The molecule has 1 aliphatic rings. The van der Waals surface area contributed by atoms with E-state index in [0.717, 1.165) is 19.3 Å². The molecule has 1 rings (SSSR count). The molecule has 0 radical (unpaired) electrons. The Morgan fingerprint density at radius 2 is 0.614 bits per heavy atom. The van der Waals surface area contributed by atoms with Gasteiger partial charge in [0, 0.05) is 0 Å². The van der Waals surface area contributed by atoms with E-state index in [2.05, 4.69) is 19.1 Å². The first kappa shape index (κ1) is 66.6. The number of ether oxygens (including phenoxy) is 2. The van der Waals surface area contributed by atoms with Crippen LogP contribution in [0.25, 0.3) is 0 Å². The SMILES string of the molecule is CCCCCCCCCCCCCCCCCCCCCCCCCCCCCCCCCCCCCCCCCCC/C=C/CCCCCCCCCCC1CC(=O)OCC(CO)(CO)COC1=O. The lowest BCUT2D eigenvalue weighted by Gasteiger charge is -2.27. The molecule has 414 valence electrons. The number of unbranched alkanes of at least 4 members (excludes halogenated alkanes) is 49. The van der Waals surface area contributed by atoms with Gasteiger partial charge in [0.05, 0.1) is 31.0 Å². The highest BCUT2D eigenvalue weighted by atomic mass is 16.6. The molecule has 0 amide bonds. The number of carbonyl (C=O) groups excluding carboxylic acids is 2. The van der Waals surface area contributed by atoms with Crippen molar-refractivity contribution in [2.45, 2.75) is 347 Å². The molecule has 2 N–H and O–H groups in total. The van der Waals surface area contributed by atoms with E-state index in [4.69, 9.17) is 9.47 Å². The molecule has 1 atom stereocenters. The third kappa shape index (κ3) is 45.2. The maximum Gasteiger partial charge on any atom is 0.309 e. The standard InChI is InChI=1S/C64H122O6/c1-2-3-4-5-6-7-8-9-10-11-12-13-14-15-16-17-18-19-20-21-22-23-24-25-26-27-28-29-30-31-32-33-34-35-36-37-38-39-40-41-42-43-44-45-46-47-48-49-50-51-52-53-54-55-61-56-62(67)69-59-64(57-65,58-66)60-70-63(61)68/h44-45,61,65-66H,2-43,46-60H2,1H3/b45-44+. The molecular formula is C64H122O6. The average molecular weight is 988 g/mol. The number of aliphatic hydroxyl groups excluding tert-OH is 2. The monoisotopic (exact) mass is 987 g/mol. The number of hydrogen-bond acceptors (Lipinski definition) is 6. The average Bonchev–Trinajstić information content (AvgIpc) is 3.43. The molecule has 0 aliphatic carbocycles. The minimum Gasteiger partial charge on any atom is -0.465 e. The molecule has 1 aliphatic heterocycles. The minimum absolute atomic E-state index is 0.0000612. The van der Waals surface area contributed by atoms with Crippen LogP contribution in [0.15, 0.2) is 12.2 Å². The summed E-state index contributed by atoms with van der Waals surface area (Å²) in [5.41, 5.74) is -1.13. The molecule has 0 bridgehead atoms. The number of esters is 2. The Morgan fingerprint density at radius 1 is 0.371 bits per heavy atom. The Morgan fingerprint density at radius 3 is 0.886 bits per heavy atom. The van der Waals surface area contributed by atoms with Crippen LogP contribution in [0.3, 0.4) is 0 Å². The summed E-state index contributed by atoms with van der Waals surface area (Å²) in [4.78, 5) is 24.7. The van der Waals surface area contributed by atoms with E-state index in [1.807, 2.05) is 0 Å². The first-order chi connectivity index (χ1) is 34.6. The van der Waals surface area contributed by atoms with Gasteiger partial charge in [-0.15, -0.1) is 0 Å². The van der Waals surface area contributed by atoms with Crippen molar-refractivity contribution in [2.75, 3.05) is 26.4 Å². The Bertz CT molecular complexity index is 1100. The Kier molecular flexibility index (Phi) is 51.3. The zero-order valence-electron chi connectivity index (χ0n) is 47.1. The summed E-state index contributed by atoms with van der Waals surface area (Å²) < 4.78 is 10.6. The number of carbonyl (C=O) groups is 2. The predicted molar refractivity (Wildman–Crippen MR) is 302 cm³/mol. The molecule has 0 saturated carbocycles. The van der Waals surface area contributed by atoms with Crippen LogP contribution in [0.5, 0.6) is 0 Å². The highest BCUT2D eigenvalue weighted by Gasteiger charge is 2.36. The Labute approximate surface area is 436 Å². The zero-order chi connectivity index (χ0) is 50.4. The summed E-state index contributed by atoms with van der Waals surface area (Å²) in [5, 5.41) is 19.2. The molecule has 0 aromatic carbocycles.